The molecule has 3 aromatic rings. The van der Waals surface area contributed by atoms with E-state index >= 15 is 0 Å². The highest BCUT2D eigenvalue weighted by atomic mass is 32.2. The van der Waals surface area contributed by atoms with Gasteiger partial charge in [-0.3, -0.25) is 4.79 Å². The predicted molar refractivity (Wildman–Crippen MR) is 136 cm³/mol. The monoisotopic (exact) mass is 522 g/mol. The molecule has 12 heteroatoms. The number of nitrogens with one attached hydrogen (secondary N) is 4. The average molecular weight is 523 g/mol. The van der Waals surface area contributed by atoms with E-state index in [0.29, 0.717) is 5.69 Å². The van der Waals surface area contributed by atoms with Crippen LogP contribution in [0.4, 0.5) is 21.0 Å². The number of sulfonamides is 1. The summed E-state index contributed by atoms with van der Waals surface area (Å²) in [5, 5.41) is 11.0. The molecule has 192 valence electrons. The summed E-state index contributed by atoms with van der Waals surface area (Å²) in [6.45, 7) is -0.419. The quantitative estimate of drug-likeness (QED) is 0.391. The molecule has 1 heterocycles. The first-order valence-corrected chi connectivity index (χ1v) is 13.5. The molecule has 2 aliphatic rings. The summed E-state index contributed by atoms with van der Waals surface area (Å²) < 4.78 is 28.3. The van der Waals surface area contributed by atoms with Gasteiger partial charge in [0.1, 0.15) is 6.54 Å². The number of benzene rings is 2. The SMILES string of the molecule is O=C(NCC(=O)n1ccc(S(=O)(=O)NC(=O)Nc2c3c(cc4c2CCC4)CCC3)n1)Nc1ccccc1. The lowest BCUT2D eigenvalue weighted by molar-refractivity contribution is 0.0897. The van der Waals surface area contributed by atoms with Crippen molar-refractivity contribution in [1.82, 2.24) is 19.8 Å². The smallest absolute Gasteiger partial charge is 0.329 e. The molecule has 0 spiro atoms. The van der Waals surface area contributed by atoms with Crippen LogP contribution in [0.2, 0.25) is 0 Å². The van der Waals surface area contributed by atoms with Crippen LogP contribution in [-0.4, -0.2) is 42.7 Å². The molecular formula is C25H26N6O5S. The summed E-state index contributed by atoms with van der Waals surface area (Å²) in [6.07, 6.45) is 6.74. The number of aryl methyl sites for hydroxylation is 2. The number of hydrogen-bond donors (Lipinski definition) is 4. The van der Waals surface area contributed by atoms with E-state index in [-0.39, 0.29) is 0 Å². The van der Waals surface area contributed by atoms with Crippen molar-refractivity contribution < 1.29 is 22.8 Å². The topological polar surface area (TPSA) is 151 Å². The molecule has 0 atom stereocenters. The molecule has 1 aromatic heterocycles. The Kier molecular flexibility index (Phi) is 6.66. The van der Waals surface area contributed by atoms with E-state index in [1.165, 1.54) is 11.1 Å². The molecule has 4 amide bonds. The average Bonchev–Trinajstić information content (AvgIpc) is 3.63. The molecule has 0 saturated carbocycles. The lowest BCUT2D eigenvalue weighted by Crippen LogP contribution is -2.36. The molecule has 37 heavy (non-hydrogen) atoms. The summed E-state index contributed by atoms with van der Waals surface area (Å²) in [5.41, 5.74) is 5.84. The fourth-order valence-electron chi connectivity index (χ4n) is 4.80. The number of para-hydroxylation sites is 1. The Hall–Kier alpha value is -4.19. The maximum absolute atomic E-state index is 12.8. The third-order valence-corrected chi connectivity index (χ3v) is 7.69. The highest BCUT2D eigenvalue weighted by Gasteiger charge is 2.27. The van der Waals surface area contributed by atoms with Gasteiger partial charge in [-0.1, -0.05) is 24.3 Å². The van der Waals surface area contributed by atoms with Crippen molar-refractivity contribution in [2.75, 3.05) is 17.2 Å². The summed E-state index contributed by atoms with van der Waals surface area (Å²) in [4.78, 5) is 37.1. The minimum absolute atomic E-state index is 0.419. The van der Waals surface area contributed by atoms with Crippen molar-refractivity contribution in [2.24, 2.45) is 0 Å². The normalized spacial score (nSPS) is 13.9. The number of urea groups is 2. The predicted octanol–water partition coefficient (Wildman–Crippen LogP) is 2.83. The van der Waals surface area contributed by atoms with Gasteiger partial charge in [-0.15, -0.1) is 0 Å². The molecular weight excluding hydrogens is 496 g/mol. The minimum atomic E-state index is -4.34. The van der Waals surface area contributed by atoms with Gasteiger partial charge in [0.05, 0.1) is 0 Å². The second kappa shape index (κ2) is 10.1. The first-order chi connectivity index (χ1) is 17.8. The van der Waals surface area contributed by atoms with Gasteiger partial charge in [0.25, 0.3) is 15.9 Å². The number of nitrogens with zero attached hydrogens (tertiary/aromatic N) is 2. The zero-order chi connectivity index (χ0) is 26.0. The van der Waals surface area contributed by atoms with Crippen LogP contribution in [-0.2, 0) is 35.7 Å². The van der Waals surface area contributed by atoms with E-state index in [0.717, 1.165) is 72.3 Å². The Bertz CT molecular complexity index is 1450. The van der Waals surface area contributed by atoms with E-state index < -0.39 is 39.6 Å². The number of aromatic nitrogens is 2. The number of carbonyl (C=O) groups is 3. The van der Waals surface area contributed by atoms with Gasteiger partial charge in [-0.2, -0.15) is 13.5 Å². The fourth-order valence-corrected chi connectivity index (χ4v) is 5.64. The summed E-state index contributed by atoms with van der Waals surface area (Å²) >= 11 is 0. The van der Waals surface area contributed by atoms with Crippen LogP contribution in [0.3, 0.4) is 0 Å². The summed E-state index contributed by atoms with van der Waals surface area (Å²) in [7, 11) is -4.34. The number of fused-ring (bicyclic) bond motifs is 2. The number of anilines is 2. The Balaban J connectivity index is 1.20. The van der Waals surface area contributed by atoms with Crippen molar-refractivity contribution in [3.05, 3.63) is 70.9 Å². The molecule has 0 fully saturated rings. The van der Waals surface area contributed by atoms with Crippen molar-refractivity contribution in [2.45, 2.75) is 43.6 Å². The van der Waals surface area contributed by atoms with Gasteiger partial charge in [-0.05, 0) is 79.0 Å². The molecule has 2 aliphatic carbocycles. The van der Waals surface area contributed by atoms with Gasteiger partial charge in [0.15, 0.2) is 5.03 Å². The van der Waals surface area contributed by atoms with Gasteiger partial charge in [0, 0.05) is 17.6 Å². The molecule has 0 unspecified atom stereocenters. The number of rotatable bonds is 6. The first kappa shape index (κ1) is 24.5. The lowest BCUT2D eigenvalue weighted by Gasteiger charge is -2.16. The van der Waals surface area contributed by atoms with E-state index in [1.54, 1.807) is 30.3 Å². The van der Waals surface area contributed by atoms with Gasteiger partial charge < -0.3 is 16.0 Å². The zero-order valence-electron chi connectivity index (χ0n) is 19.9. The molecule has 11 nitrogen and oxygen atoms in total. The second-order valence-electron chi connectivity index (χ2n) is 8.96. The van der Waals surface area contributed by atoms with Crippen molar-refractivity contribution in [1.29, 1.82) is 0 Å². The Morgan fingerprint density at radius 3 is 2.22 bits per heavy atom. The third-order valence-electron chi connectivity index (χ3n) is 6.47. The fraction of sp³-hybridized carbons (Fsp3) is 0.280. The first-order valence-electron chi connectivity index (χ1n) is 12.0. The van der Waals surface area contributed by atoms with Crippen LogP contribution in [0, 0.1) is 0 Å². The van der Waals surface area contributed by atoms with E-state index in [9.17, 15) is 22.8 Å². The van der Waals surface area contributed by atoms with Crippen LogP contribution in [0.25, 0.3) is 0 Å². The molecule has 5 rings (SSSR count). The van der Waals surface area contributed by atoms with Crippen molar-refractivity contribution >= 4 is 39.4 Å². The summed E-state index contributed by atoms with van der Waals surface area (Å²) in [6, 6.07) is 10.5. The lowest BCUT2D eigenvalue weighted by atomic mass is 9.99. The molecule has 2 aromatic carbocycles. The van der Waals surface area contributed by atoms with E-state index in [4.69, 9.17) is 0 Å². The van der Waals surface area contributed by atoms with Crippen LogP contribution >= 0.6 is 0 Å². The van der Waals surface area contributed by atoms with Crippen LogP contribution in [0.15, 0.2) is 53.7 Å². The van der Waals surface area contributed by atoms with Crippen molar-refractivity contribution in [3.63, 3.8) is 0 Å². The maximum atomic E-state index is 12.8. The second-order valence-corrected chi connectivity index (χ2v) is 10.6. The molecule has 0 bridgehead atoms. The van der Waals surface area contributed by atoms with Gasteiger partial charge >= 0.3 is 12.1 Å². The van der Waals surface area contributed by atoms with Crippen molar-refractivity contribution in [3.8, 4) is 0 Å². The molecule has 0 radical (unpaired) electrons. The van der Waals surface area contributed by atoms with Gasteiger partial charge in [-0.25, -0.2) is 19.0 Å². The van der Waals surface area contributed by atoms with Crippen LogP contribution in [0.1, 0.15) is 39.9 Å². The molecule has 4 N–H and O–H groups in total. The highest BCUT2D eigenvalue weighted by Crippen LogP contribution is 2.38. The third kappa shape index (κ3) is 5.33. The maximum Gasteiger partial charge on any atom is 0.333 e. The Morgan fingerprint density at radius 2 is 1.54 bits per heavy atom. The van der Waals surface area contributed by atoms with Crippen LogP contribution < -0.4 is 20.7 Å². The number of amides is 4. The Morgan fingerprint density at radius 1 is 0.865 bits per heavy atom. The zero-order valence-corrected chi connectivity index (χ0v) is 20.7. The van der Waals surface area contributed by atoms with Gasteiger partial charge in [0.2, 0.25) is 0 Å². The van der Waals surface area contributed by atoms with E-state index in [2.05, 4.69) is 27.1 Å². The summed E-state index contributed by atoms with van der Waals surface area (Å²) in [5.74, 6) is -0.662. The molecule has 0 saturated heterocycles. The number of carbonyl (C=O) groups excluding carboxylic acids is 3. The minimum Gasteiger partial charge on any atom is -0.329 e. The van der Waals surface area contributed by atoms with E-state index in [1.807, 2.05) is 4.72 Å². The standard InChI is InChI=1S/C25H26N6O5S/c32-22(15-26-24(33)27-18-8-2-1-3-9-18)31-13-12-21(29-31)37(35,36)30-25(34)28-23-19-10-4-6-16(19)14-17-7-5-11-20(17)23/h1-3,8-9,12-14H,4-7,10-11,15H2,(H2,26,27,33)(H2,28,30,34). The largest absolute Gasteiger partial charge is 0.333 e. The van der Waals surface area contributed by atoms with Crippen LogP contribution in [0.5, 0.6) is 0 Å². The highest BCUT2D eigenvalue weighted by molar-refractivity contribution is 7.90. The number of hydrogen-bond acceptors (Lipinski definition) is 6. The Labute approximate surface area is 213 Å². The molecule has 0 aliphatic heterocycles.